The molecule has 0 aliphatic carbocycles. The first kappa shape index (κ1) is 14.0. The normalized spacial score (nSPS) is 10.3. The Morgan fingerprint density at radius 1 is 0.842 bits per heavy atom. The Morgan fingerprint density at radius 2 is 1.47 bits per heavy atom. The molecule has 0 atom stereocenters. The fourth-order valence-corrected chi connectivity index (χ4v) is 2.01. The zero-order valence-corrected chi connectivity index (χ0v) is 11.6. The molecule has 2 aromatic carbocycles. The third-order valence-electron chi connectivity index (χ3n) is 2.58. The van der Waals surface area contributed by atoms with Crippen molar-refractivity contribution in [1.82, 2.24) is 0 Å². The topological polar surface area (TPSA) is 24.1 Å². The van der Waals surface area contributed by atoms with Crippen molar-refractivity contribution in [2.45, 2.75) is 0 Å². The monoisotopic (exact) mass is 298 g/mol. The molecule has 100 valence electrons. The van der Waals surface area contributed by atoms with Gasteiger partial charge < -0.3 is 10.6 Å². The van der Waals surface area contributed by atoms with Crippen LogP contribution in [-0.4, -0.2) is 13.1 Å². The largest absolute Gasteiger partial charge is 0.382 e. The third kappa shape index (κ3) is 3.75. The number of para-hydroxylation sites is 1. The van der Waals surface area contributed by atoms with Crippen molar-refractivity contribution in [2.24, 2.45) is 0 Å². The molecule has 0 unspecified atom stereocenters. The molecule has 0 saturated heterocycles. The van der Waals surface area contributed by atoms with E-state index in [1.807, 2.05) is 12.1 Å². The SMILES string of the molecule is Fc1ccccc1NCCNc1cccc(Cl)c1Cl. The molecule has 2 aromatic rings. The van der Waals surface area contributed by atoms with Gasteiger partial charge in [-0.15, -0.1) is 0 Å². The zero-order valence-electron chi connectivity index (χ0n) is 10.1. The van der Waals surface area contributed by atoms with E-state index in [0.717, 1.165) is 5.69 Å². The van der Waals surface area contributed by atoms with Gasteiger partial charge in [-0.2, -0.15) is 0 Å². The molecule has 0 fully saturated rings. The van der Waals surface area contributed by atoms with E-state index in [1.165, 1.54) is 6.07 Å². The summed E-state index contributed by atoms with van der Waals surface area (Å²) in [4.78, 5) is 0. The molecular formula is C14H13Cl2FN2. The van der Waals surface area contributed by atoms with Crippen LogP contribution in [0, 0.1) is 5.82 Å². The lowest BCUT2D eigenvalue weighted by Crippen LogP contribution is -2.14. The molecule has 0 aromatic heterocycles. The molecule has 0 spiro atoms. The van der Waals surface area contributed by atoms with Crippen molar-refractivity contribution in [3.63, 3.8) is 0 Å². The van der Waals surface area contributed by atoms with Gasteiger partial charge >= 0.3 is 0 Å². The van der Waals surface area contributed by atoms with Crippen LogP contribution in [0.4, 0.5) is 15.8 Å². The highest BCUT2D eigenvalue weighted by molar-refractivity contribution is 6.43. The van der Waals surface area contributed by atoms with E-state index < -0.39 is 0 Å². The summed E-state index contributed by atoms with van der Waals surface area (Å²) in [7, 11) is 0. The molecule has 0 bridgehead atoms. The first-order valence-electron chi connectivity index (χ1n) is 5.85. The van der Waals surface area contributed by atoms with Crippen molar-refractivity contribution >= 4 is 34.6 Å². The molecule has 0 radical (unpaired) electrons. The van der Waals surface area contributed by atoms with E-state index in [-0.39, 0.29) is 5.82 Å². The molecule has 2 nitrogen and oxygen atoms in total. The summed E-state index contributed by atoms with van der Waals surface area (Å²) in [5.74, 6) is -0.261. The maximum absolute atomic E-state index is 13.3. The van der Waals surface area contributed by atoms with Crippen LogP contribution >= 0.6 is 23.2 Å². The van der Waals surface area contributed by atoms with E-state index in [0.29, 0.717) is 28.8 Å². The van der Waals surface area contributed by atoms with E-state index in [2.05, 4.69) is 10.6 Å². The minimum absolute atomic E-state index is 0.261. The van der Waals surface area contributed by atoms with Crippen molar-refractivity contribution < 1.29 is 4.39 Å². The van der Waals surface area contributed by atoms with Crippen molar-refractivity contribution in [2.75, 3.05) is 23.7 Å². The van der Waals surface area contributed by atoms with Gasteiger partial charge in [0.05, 0.1) is 21.4 Å². The molecule has 2 N–H and O–H groups in total. The van der Waals surface area contributed by atoms with Crippen molar-refractivity contribution in [3.05, 3.63) is 58.3 Å². The second-order valence-corrected chi connectivity index (χ2v) is 4.72. The van der Waals surface area contributed by atoms with Gasteiger partial charge in [0.1, 0.15) is 5.82 Å². The molecule has 0 heterocycles. The van der Waals surface area contributed by atoms with E-state index in [4.69, 9.17) is 23.2 Å². The minimum atomic E-state index is -0.261. The fourth-order valence-electron chi connectivity index (χ4n) is 1.64. The van der Waals surface area contributed by atoms with Crippen molar-refractivity contribution in [1.29, 1.82) is 0 Å². The van der Waals surface area contributed by atoms with Crippen LogP contribution in [0.15, 0.2) is 42.5 Å². The lowest BCUT2D eigenvalue weighted by atomic mass is 10.3. The van der Waals surface area contributed by atoms with Crippen LogP contribution in [0.2, 0.25) is 10.0 Å². The molecule has 0 saturated carbocycles. The van der Waals surface area contributed by atoms with E-state index in [9.17, 15) is 4.39 Å². The molecule has 19 heavy (non-hydrogen) atoms. The minimum Gasteiger partial charge on any atom is -0.382 e. The van der Waals surface area contributed by atoms with Crippen LogP contribution in [0.1, 0.15) is 0 Å². The van der Waals surface area contributed by atoms with Crippen LogP contribution in [0.3, 0.4) is 0 Å². The Kier molecular flexibility index (Phi) is 4.88. The zero-order chi connectivity index (χ0) is 13.7. The van der Waals surface area contributed by atoms with Gasteiger partial charge in [-0.05, 0) is 24.3 Å². The quantitative estimate of drug-likeness (QED) is 0.785. The number of hydrogen-bond donors (Lipinski definition) is 2. The highest BCUT2D eigenvalue weighted by Crippen LogP contribution is 2.29. The summed E-state index contributed by atoms with van der Waals surface area (Å²) < 4.78 is 13.3. The number of halogens is 3. The second-order valence-electron chi connectivity index (χ2n) is 3.93. The molecule has 0 amide bonds. The van der Waals surface area contributed by atoms with Crippen LogP contribution in [-0.2, 0) is 0 Å². The highest BCUT2D eigenvalue weighted by Gasteiger charge is 2.03. The number of benzene rings is 2. The predicted molar refractivity (Wildman–Crippen MR) is 79.8 cm³/mol. The highest BCUT2D eigenvalue weighted by atomic mass is 35.5. The van der Waals surface area contributed by atoms with Crippen LogP contribution in [0.25, 0.3) is 0 Å². The summed E-state index contributed by atoms with van der Waals surface area (Å²) in [6.45, 7) is 1.18. The summed E-state index contributed by atoms with van der Waals surface area (Å²) in [5, 5.41) is 7.15. The van der Waals surface area contributed by atoms with Gasteiger partial charge in [-0.1, -0.05) is 41.4 Å². The molecule has 0 aliphatic heterocycles. The average Bonchev–Trinajstić information content (AvgIpc) is 2.41. The lowest BCUT2D eigenvalue weighted by Gasteiger charge is -2.11. The Labute approximate surface area is 121 Å². The average molecular weight is 299 g/mol. The number of hydrogen-bond acceptors (Lipinski definition) is 2. The van der Waals surface area contributed by atoms with Crippen LogP contribution < -0.4 is 10.6 Å². The summed E-state index contributed by atoms with van der Waals surface area (Å²) in [6, 6.07) is 12.0. The van der Waals surface area contributed by atoms with E-state index >= 15 is 0 Å². The van der Waals surface area contributed by atoms with Gasteiger partial charge in [-0.25, -0.2) is 4.39 Å². The number of nitrogens with one attached hydrogen (secondary N) is 2. The summed E-state index contributed by atoms with van der Waals surface area (Å²) in [5.41, 5.74) is 1.26. The predicted octanol–water partition coefficient (Wildman–Crippen LogP) is 4.66. The van der Waals surface area contributed by atoms with E-state index in [1.54, 1.807) is 24.3 Å². The number of anilines is 2. The molecule has 0 aliphatic rings. The maximum atomic E-state index is 13.3. The van der Waals surface area contributed by atoms with Gasteiger partial charge in [-0.3, -0.25) is 0 Å². The molecule has 5 heteroatoms. The Bertz CT molecular complexity index is 561. The lowest BCUT2D eigenvalue weighted by molar-refractivity contribution is 0.630. The first-order valence-corrected chi connectivity index (χ1v) is 6.60. The second kappa shape index (κ2) is 6.64. The van der Waals surface area contributed by atoms with Gasteiger partial charge in [0.25, 0.3) is 0 Å². The molecular weight excluding hydrogens is 286 g/mol. The maximum Gasteiger partial charge on any atom is 0.146 e. The Morgan fingerprint density at radius 3 is 2.21 bits per heavy atom. The summed E-state index contributed by atoms with van der Waals surface area (Å²) in [6.07, 6.45) is 0. The van der Waals surface area contributed by atoms with Gasteiger partial charge in [0, 0.05) is 13.1 Å². The van der Waals surface area contributed by atoms with Gasteiger partial charge in [0.2, 0.25) is 0 Å². The Balaban J connectivity index is 1.84. The number of rotatable bonds is 5. The molecule has 2 rings (SSSR count). The third-order valence-corrected chi connectivity index (χ3v) is 3.40. The van der Waals surface area contributed by atoms with Crippen LogP contribution in [0.5, 0.6) is 0 Å². The fraction of sp³-hybridized carbons (Fsp3) is 0.143. The summed E-state index contributed by atoms with van der Waals surface area (Å²) >= 11 is 11.9. The smallest absolute Gasteiger partial charge is 0.146 e. The Hall–Kier alpha value is -1.45. The standard InChI is InChI=1S/C14H13Cl2FN2/c15-10-4-3-7-13(14(10)16)19-9-8-18-12-6-2-1-5-11(12)17/h1-7,18-19H,8-9H2. The first-order chi connectivity index (χ1) is 9.18. The van der Waals surface area contributed by atoms with Gasteiger partial charge in [0.15, 0.2) is 0 Å². The van der Waals surface area contributed by atoms with Crippen molar-refractivity contribution in [3.8, 4) is 0 Å².